The molecule has 0 spiro atoms. The Morgan fingerprint density at radius 2 is 1.42 bits per heavy atom. The monoisotopic (exact) mass is 542 g/mol. The first kappa shape index (κ1) is 27.9. The van der Waals surface area contributed by atoms with Crippen molar-refractivity contribution in [3.63, 3.8) is 0 Å². The minimum atomic E-state index is -4.50. The maximum absolute atomic E-state index is 14.3. The van der Waals surface area contributed by atoms with Crippen LogP contribution in [0.4, 0.5) is 13.2 Å². The molecule has 0 aliphatic carbocycles. The zero-order chi connectivity index (χ0) is 28.1. The van der Waals surface area contributed by atoms with Gasteiger partial charge in [0.2, 0.25) is 0 Å². The Morgan fingerprint density at radius 3 is 1.97 bits per heavy atom. The summed E-state index contributed by atoms with van der Waals surface area (Å²) >= 11 is 0. The van der Waals surface area contributed by atoms with Crippen LogP contribution in [0, 0.1) is 12.3 Å². The molecule has 4 nitrogen and oxygen atoms in total. The molecule has 1 atom stereocenters. The van der Waals surface area contributed by atoms with Crippen LogP contribution in [0.25, 0.3) is 0 Å². The van der Waals surface area contributed by atoms with E-state index in [1.54, 1.807) is 30.3 Å². The summed E-state index contributed by atoms with van der Waals surface area (Å²) in [5.74, 6) is 0.292. The molecule has 0 aromatic heterocycles. The average Bonchev–Trinajstić information content (AvgIpc) is 3.11. The molecule has 0 saturated carbocycles. The molecule has 4 rings (SSSR count). The number of aryl methyl sites for hydroxylation is 1. The summed E-state index contributed by atoms with van der Waals surface area (Å²) in [6.07, 6.45) is -3.81. The van der Waals surface area contributed by atoms with Gasteiger partial charge in [0.1, 0.15) is 5.84 Å². The number of rotatable bonds is 5. The molecular formula is C30H33F3N2O2S. The van der Waals surface area contributed by atoms with E-state index in [0.717, 1.165) is 17.7 Å². The largest absolute Gasteiger partial charge is 0.416 e. The number of aliphatic imine (C=N–C) groups is 1. The van der Waals surface area contributed by atoms with Crippen molar-refractivity contribution in [2.75, 3.05) is 0 Å². The first-order valence-electron chi connectivity index (χ1n) is 12.5. The van der Waals surface area contributed by atoms with Crippen LogP contribution in [0.2, 0.25) is 0 Å². The van der Waals surface area contributed by atoms with Crippen molar-refractivity contribution in [2.45, 2.75) is 70.6 Å². The number of fused-ring (bicyclic) bond motifs is 1. The third kappa shape index (κ3) is 5.65. The normalized spacial score (nSPS) is 17.7. The van der Waals surface area contributed by atoms with E-state index in [9.17, 15) is 21.6 Å². The molecule has 0 fully saturated rings. The Balaban J connectivity index is 1.97. The quantitative estimate of drug-likeness (QED) is 0.331. The number of nitrogens with zero attached hydrogens (tertiary/aromatic N) is 2. The Hall–Kier alpha value is -3.13. The zero-order valence-electron chi connectivity index (χ0n) is 22.5. The lowest BCUT2D eigenvalue weighted by atomic mass is 9.82. The molecule has 0 N–H and O–H groups in total. The van der Waals surface area contributed by atoms with Gasteiger partial charge < -0.3 is 0 Å². The summed E-state index contributed by atoms with van der Waals surface area (Å²) in [5, 5.41) is 0. The van der Waals surface area contributed by atoms with Crippen LogP contribution in [0.5, 0.6) is 0 Å². The Labute approximate surface area is 223 Å². The minimum Gasteiger partial charge on any atom is -0.261 e. The third-order valence-corrected chi connectivity index (χ3v) is 8.21. The van der Waals surface area contributed by atoms with Crippen LogP contribution in [0.15, 0.2) is 82.7 Å². The number of sulfonamides is 1. The predicted octanol–water partition coefficient (Wildman–Crippen LogP) is 7.77. The second-order valence-electron chi connectivity index (χ2n) is 11.7. The van der Waals surface area contributed by atoms with Crippen molar-refractivity contribution in [1.29, 1.82) is 0 Å². The number of alkyl halides is 3. The summed E-state index contributed by atoms with van der Waals surface area (Å²) in [5.41, 5.74) is 1.19. The first-order chi connectivity index (χ1) is 17.5. The molecule has 1 aliphatic rings. The van der Waals surface area contributed by atoms with E-state index in [2.05, 4.69) is 20.8 Å². The van der Waals surface area contributed by atoms with Gasteiger partial charge in [-0.1, -0.05) is 74.9 Å². The molecule has 202 valence electrons. The minimum absolute atomic E-state index is 0.0703. The number of halogens is 3. The summed E-state index contributed by atoms with van der Waals surface area (Å²) < 4.78 is 69.8. The van der Waals surface area contributed by atoms with E-state index in [1.807, 2.05) is 39.0 Å². The molecule has 1 aliphatic heterocycles. The van der Waals surface area contributed by atoms with E-state index >= 15 is 0 Å². The van der Waals surface area contributed by atoms with Gasteiger partial charge in [-0.3, -0.25) is 4.99 Å². The van der Waals surface area contributed by atoms with Gasteiger partial charge in [-0.2, -0.15) is 13.2 Å². The smallest absolute Gasteiger partial charge is 0.261 e. The standard InChI is InChI=1S/C30H33F3N2O2S/c1-20-11-17-23(18-12-20)38(36,37)35-26(21-13-15-22(16-14-21)30(31,32)33)24-9-7-8-10-25(24)27(35)34-29(5,6)19-28(2,3)4/h7-18,26H,19H2,1-6H3. The van der Waals surface area contributed by atoms with Gasteiger partial charge in [-0.25, -0.2) is 12.7 Å². The Morgan fingerprint density at radius 1 is 0.842 bits per heavy atom. The van der Waals surface area contributed by atoms with Gasteiger partial charge in [0.15, 0.2) is 0 Å². The molecule has 1 unspecified atom stereocenters. The first-order valence-corrected chi connectivity index (χ1v) is 13.9. The van der Waals surface area contributed by atoms with E-state index in [4.69, 9.17) is 4.99 Å². The zero-order valence-corrected chi connectivity index (χ0v) is 23.3. The van der Waals surface area contributed by atoms with Gasteiger partial charge in [-0.05, 0) is 68.0 Å². The van der Waals surface area contributed by atoms with Crippen molar-refractivity contribution >= 4 is 15.9 Å². The maximum atomic E-state index is 14.3. The van der Waals surface area contributed by atoms with Crippen LogP contribution >= 0.6 is 0 Å². The molecule has 1 heterocycles. The maximum Gasteiger partial charge on any atom is 0.416 e. The molecule has 0 radical (unpaired) electrons. The van der Waals surface area contributed by atoms with Crippen LogP contribution in [-0.4, -0.2) is 24.1 Å². The molecule has 3 aromatic carbocycles. The van der Waals surface area contributed by atoms with Crippen molar-refractivity contribution < 1.29 is 21.6 Å². The lowest BCUT2D eigenvalue weighted by Crippen LogP contribution is -2.38. The fourth-order valence-corrected chi connectivity index (χ4v) is 6.87. The van der Waals surface area contributed by atoms with Crippen molar-refractivity contribution in [3.05, 3.63) is 101 Å². The van der Waals surface area contributed by atoms with E-state index in [0.29, 0.717) is 28.9 Å². The highest BCUT2D eigenvalue weighted by molar-refractivity contribution is 7.89. The molecule has 38 heavy (non-hydrogen) atoms. The molecule has 0 saturated heterocycles. The third-order valence-electron chi connectivity index (χ3n) is 6.44. The van der Waals surface area contributed by atoms with E-state index in [-0.39, 0.29) is 10.3 Å². The highest BCUT2D eigenvalue weighted by Crippen LogP contribution is 2.44. The second-order valence-corrected chi connectivity index (χ2v) is 13.5. The Kier molecular flexibility index (Phi) is 7.02. The summed E-state index contributed by atoms with van der Waals surface area (Å²) in [4.78, 5) is 5.13. The number of benzene rings is 3. The van der Waals surface area contributed by atoms with Gasteiger partial charge in [0.05, 0.1) is 22.0 Å². The van der Waals surface area contributed by atoms with E-state index < -0.39 is 33.3 Å². The van der Waals surface area contributed by atoms with Crippen LogP contribution in [-0.2, 0) is 16.2 Å². The lowest BCUT2D eigenvalue weighted by Gasteiger charge is -2.32. The average molecular weight is 543 g/mol. The highest BCUT2D eigenvalue weighted by Gasteiger charge is 2.45. The topological polar surface area (TPSA) is 49.7 Å². The Bertz CT molecular complexity index is 1450. The van der Waals surface area contributed by atoms with Crippen LogP contribution in [0.1, 0.15) is 74.9 Å². The lowest BCUT2D eigenvalue weighted by molar-refractivity contribution is -0.137. The summed E-state index contributed by atoms with van der Waals surface area (Å²) in [6, 6.07) is 17.6. The molecule has 0 amide bonds. The number of amidine groups is 1. The highest BCUT2D eigenvalue weighted by atomic mass is 32.2. The second kappa shape index (κ2) is 9.56. The number of hydrogen-bond donors (Lipinski definition) is 0. The number of hydrogen-bond acceptors (Lipinski definition) is 3. The van der Waals surface area contributed by atoms with Crippen LogP contribution < -0.4 is 0 Å². The van der Waals surface area contributed by atoms with Crippen molar-refractivity contribution in [1.82, 2.24) is 4.31 Å². The molecule has 8 heteroatoms. The molecule has 0 bridgehead atoms. The fourth-order valence-electron chi connectivity index (χ4n) is 5.29. The predicted molar refractivity (Wildman–Crippen MR) is 145 cm³/mol. The van der Waals surface area contributed by atoms with Crippen LogP contribution in [0.3, 0.4) is 0 Å². The van der Waals surface area contributed by atoms with Crippen molar-refractivity contribution in [3.8, 4) is 0 Å². The molecule has 3 aromatic rings. The summed E-state index contributed by atoms with van der Waals surface area (Å²) in [6.45, 7) is 12.1. The SMILES string of the molecule is Cc1ccc(S(=O)(=O)N2C(=NC(C)(C)CC(C)(C)C)c3ccccc3C2c2ccc(C(F)(F)F)cc2)cc1. The van der Waals surface area contributed by atoms with Gasteiger partial charge >= 0.3 is 6.18 Å². The van der Waals surface area contributed by atoms with Gasteiger partial charge in [0, 0.05) is 5.56 Å². The van der Waals surface area contributed by atoms with E-state index in [1.165, 1.54) is 16.4 Å². The van der Waals surface area contributed by atoms with Gasteiger partial charge in [0.25, 0.3) is 10.0 Å². The van der Waals surface area contributed by atoms with Crippen molar-refractivity contribution in [2.24, 2.45) is 10.4 Å². The molecular weight excluding hydrogens is 509 g/mol. The summed E-state index contributed by atoms with van der Waals surface area (Å²) in [7, 11) is -4.14. The fraction of sp³-hybridized carbons (Fsp3) is 0.367. The van der Waals surface area contributed by atoms with Gasteiger partial charge in [-0.15, -0.1) is 0 Å².